The first-order valence-electron chi connectivity index (χ1n) is 6.31. The summed E-state index contributed by atoms with van der Waals surface area (Å²) in [6, 6.07) is 15.0. The van der Waals surface area contributed by atoms with Gasteiger partial charge in [-0.05, 0) is 17.7 Å². The Bertz CT molecular complexity index is 613. The van der Waals surface area contributed by atoms with Crippen LogP contribution < -0.4 is 0 Å². The van der Waals surface area contributed by atoms with Crippen molar-refractivity contribution >= 4 is 0 Å². The van der Waals surface area contributed by atoms with Crippen LogP contribution in [-0.2, 0) is 12.1 Å². The Kier molecular flexibility index (Phi) is 3.26. The van der Waals surface area contributed by atoms with Crippen LogP contribution in [0.1, 0.15) is 11.3 Å². The SMILES string of the molecule is O[C@](Cn1cncn1)(c1ccccc1)c1ccccn1. The minimum Gasteiger partial charge on any atom is -0.377 e. The van der Waals surface area contributed by atoms with Gasteiger partial charge >= 0.3 is 0 Å². The molecular formula is C15H14N4O. The smallest absolute Gasteiger partial charge is 0.151 e. The maximum atomic E-state index is 11.2. The lowest BCUT2D eigenvalue weighted by atomic mass is 9.90. The van der Waals surface area contributed by atoms with Gasteiger partial charge in [-0.2, -0.15) is 5.10 Å². The minimum absolute atomic E-state index is 0.258. The number of benzene rings is 1. The Hall–Kier alpha value is -2.53. The minimum atomic E-state index is -1.24. The van der Waals surface area contributed by atoms with Crippen LogP contribution >= 0.6 is 0 Å². The molecule has 0 unspecified atom stereocenters. The largest absolute Gasteiger partial charge is 0.377 e. The van der Waals surface area contributed by atoms with E-state index in [0.717, 1.165) is 5.56 Å². The van der Waals surface area contributed by atoms with E-state index in [1.165, 1.54) is 6.33 Å². The first kappa shape index (κ1) is 12.5. The molecule has 5 nitrogen and oxygen atoms in total. The standard InChI is InChI=1S/C15H14N4O/c20-15(10-19-12-16-11-18-19,13-6-2-1-3-7-13)14-8-4-5-9-17-14/h1-9,11-12,20H,10H2/t15-/m1/s1. The topological polar surface area (TPSA) is 63.8 Å². The lowest BCUT2D eigenvalue weighted by Gasteiger charge is -2.27. The summed E-state index contributed by atoms with van der Waals surface area (Å²) in [6.07, 6.45) is 4.70. The van der Waals surface area contributed by atoms with E-state index in [9.17, 15) is 5.11 Å². The zero-order valence-electron chi connectivity index (χ0n) is 10.8. The summed E-state index contributed by atoms with van der Waals surface area (Å²) in [6.45, 7) is 0.258. The second-order valence-corrected chi connectivity index (χ2v) is 4.53. The fourth-order valence-electron chi connectivity index (χ4n) is 2.19. The van der Waals surface area contributed by atoms with Gasteiger partial charge < -0.3 is 5.11 Å². The van der Waals surface area contributed by atoms with Crippen LogP contribution in [0, 0.1) is 0 Å². The molecule has 0 amide bonds. The molecule has 0 aliphatic carbocycles. The summed E-state index contributed by atoms with van der Waals surface area (Å²) in [7, 11) is 0. The molecule has 2 aromatic heterocycles. The molecule has 20 heavy (non-hydrogen) atoms. The Balaban J connectivity index is 2.08. The number of nitrogens with zero attached hydrogens (tertiary/aromatic N) is 4. The van der Waals surface area contributed by atoms with E-state index >= 15 is 0 Å². The maximum absolute atomic E-state index is 11.2. The highest BCUT2D eigenvalue weighted by Crippen LogP contribution is 2.29. The van der Waals surface area contributed by atoms with Crippen molar-refractivity contribution in [2.24, 2.45) is 0 Å². The van der Waals surface area contributed by atoms with E-state index in [4.69, 9.17) is 0 Å². The number of rotatable bonds is 4. The number of aromatic nitrogens is 4. The number of hydrogen-bond acceptors (Lipinski definition) is 4. The van der Waals surface area contributed by atoms with Crippen LogP contribution in [0.3, 0.4) is 0 Å². The van der Waals surface area contributed by atoms with Crippen LogP contribution in [-0.4, -0.2) is 24.9 Å². The Morgan fingerprint density at radius 3 is 2.50 bits per heavy atom. The molecule has 0 aliphatic heterocycles. The zero-order chi connectivity index (χ0) is 13.8. The third-order valence-electron chi connectivity index (χ3n) is 3.20. The van der Waals surface area contributed by atoms with E-state index in [2.05, 4.69) is 15.1 Å². The van der Waals surface area contributed by atoms with Crippen LogP contribution in [0.15, 0.2) is 67.4 Å². The predicted octanol–water partition coefficient (Wildman–Crippen LogP) is 1.61. The molecule has 2 heterocycles. The molecule has 0 bridgehead atoms. The van der Waals surface area contributed by atoms with Crippen molar-refractivity contribution in [2.45, 2.75) is 12.1 Å². The van der Waals surface area contributed by atoms with Gasteiger partial charge in [0.1, 0.15) is 12.7 Å². The van der Waals surface area contributed by atoms with E-state index in [1.54, 1.807) is 17.2 Å². The van der Waals surface area contributed by atoms with E-state index in [1.807, 2.05) is 48.5 Å². The highest BCUT2D eigenvalue weighted by Gasteiger charge is 2.33. The average molecular weight is 266 g/mol. The third-order valence-corrected chi connectivity index (χ3v) is 3.20. The van der Waals surface area contributed by atoms with Gasteiger partial charge in [-0.25, -0.2) is 9.67 Å². The monoisotopic (exact) mass is 266 g/mol. The Labute approximate surface area is 116 Å². The number of pyridine rings is 1. The summed E-state index contributed by atoms with van der Waals surface area (Å²) in [4.78, 5) is 8.21. The van der Waals surface area contributed by atoms with Crippen molar-refractivity contribution in [3.8, 4) is 0 Å². The van der Waals surface area contributed by atoms with Gasteiger partial charge in [0.15, 0.2) is 5.60 Å². The van der Waals surface area contributed by atoms with E-state index in [-0.39, 0.29) is 6.54 Å². The molecule has 0 saturated carbocycles. The van der Waals surface area contributed by atoms with Gasteiger partial charge in [0.2, 0.25) is 0 Å². The van der Waals surface area contributed by atoms with Crippen molar-refractivity contribution in [1.29, 1.82) is 0 Å². The van der Waals surface area contributed by atoms with Crippen LogP contribution in [0.4, 0.5) is 0 Å². The summed E-state index contributed by atoms with van der Waals surface area (Å²) in [5.74, 6) is 0. The summed E-state index contributed by atoms with van der Waals surface area (Å²) in [5, 5.41) is 15.2. The molecule has 0 spiro atoms. The molecule has 1 aromatic carbocycles. The van der Waals surface area contributed by atoms with Crippen molar-refractivity contribution in [3.63, 3.8) is 0 Å². The molecule has 1 atom stereocenters. The lowest BCUT2D eigenvalue weighted by molar-refractivity contribution is 0.0528. The number of aliphatic hydroxyl groups is 1. The molecule has 0 aliphatic rings. The van der Waals surface area contributed by atoms with Gasteiger partial charge in [0.25, 0.3) is 0 Å². The molecule has 100 valence electrons. The van der Waals surface area contributed by atoms with Crippen molar-refractivity contribution < 1.29 is 5.11 Å². The highest BCUT2D eigenvalue weighted by atomic mass is 16.3. The van der Waals surface area contributed by atoms with Crippen molar-refractivity contribution in [1.82, 2.24) is 19.7 Å². The third kappa shape index (κ3) is 2.31. The first-order chi connectivity index (χ1) is 9.79. The van der Waals surface area contributed by atoms with Crippen LogP contribution in [0.5, 0.6) is 0 Å². The fraction of sp³-hybridized carbons (Fsp3) is 0.133. The maximum Gasteiger partial charge on any atom is 0.151 e. The van der Waals surface area contributed by atoms with Gasteiger partial charge in [-0.3, -0.25) is 4.98 Å². The Morgan fingerprint density at radius 2 is 1.85 bits per heavy atom. The lowest BCUT2D eigenvalue weighted by Crippen LogP contribution is -2.34. The molecule has 0 saturated heterocycles. The van der Waals surface area contributed by atoms with Gasteiger partial charge in [0, 0.05) is 6.20 Å². The van der Waals surface area contributed by atoms with Gasteiger partial charge in [0.05, 0.1) is 12.2 Å². The molecular weight excluding hydrogens is 252 g/mol. The highest BCUT2D eigenvalue weighted by molar-refractivity contribution is 5.31. The second kappa shape index (κ2) is 5.22. The average Bonchev–Trinajstić information content (AvgIpc) is 3.02. The molecule has 3 aromatic rings. The van der Waals surface area contributed by atoms with Crippen LogP contribution in [0.25, 0.3) is 0 Å². The first-order valence-corrected chi connectivity index (χ1v) is 6.31. The summed E-state index contributed by atoms with van der Waals surface area (Å²) < 4.78 is 1.60. The molecule has 0 fully saturated rings. The zero-order valence-corrected chi connectivity index (χ0v) is 10.8. The second-order valence-electron chi connectivity index (χ2n) is 4.53. The molecule has 1 N–H and O–H groups in total. The molecule has 0 radical (unpaired) electrons. The van der Waals surface area contributed by atoms with Gasteiger partial charge in [-0.1, -0.05) is 36.4 Å². The van der Waals surface area contributed by atoms with Gasteiger partial charge in [-0.15, -0.1) is 0 Å². The number of hydrogen-bond donors (Lipinski definition) is 1. The molecule has 3 rings (SSSR count). The van der Waals surface area contributed by atoms with E-state index in [0.29, 0.717) is 5.69 Å². The van der Waals surface area contributed by atoms with Crippen LogP contribution in [0.2, 0.25) is 0 Å². The molecule has 5 heteroatoms. The summed E-state index contributed by atoms with van der Waals surface area (Å²) in [5.41, 5.74) is 0.117. The normalized spacial score (nSPS) is 13.8. The predicted molar refractivity (Wildman–Crippen MR) is 73.7 cm³/mol. The van der Waals surface area contributed by atoms with Crippen molar-refractivity contribution in [2.75, 3.05) is 0 Å². The fourth-order valence-corrected chi connectivity index (χ4v) is 2.19. The van der Waals surface area contributed by atoms with Crippen molar-refractivity contribution in [3.05, 3.63) is 78.6 Å². The quantitative estimate of drug-likeness (QED) is 0.779. The van der Waals surface area contributed by atoms with E-state index < -0.39 is 5.60 Å². The summed E-state index contributed by atoms with van der Waals surface area (Å²) >= 11 is 0. The Morgan fingerprint density at radius 1 is 1.05 bits per heavy atom.